The molecule has 0 aliphatic heterocycles. The molecule has 0 atom stereocenters. The average Bonchev–Trinajstić information content (AvgIpc) is 2.49. The van der Waals surface area contributed by atoms with Crippen molar-refractivity contribution >= 4 is 5.97 Å². The molecule has 0 amide bonds. The number of hydrogen-bond acceptors (Lipinski definition) is 2. The van der Waals surface area contributed by atoms with Gasteiger partial charge in [-0.1, -0.05) is 78.6 Å². The van der Waals surface area contributed by atoms with E-state index in [0.29, 0.717) is 19.4 Å². The number of aliphatic carboxylic acids is 1. The van der Waals surface area contributed by atoms with Crippen molar-refractivity contribution in [2.45, 2.75) is 103 Å². The van der Waals surface area contributed by atoms with Gasteiger partial charge in [-0.15, -0.1) is 0 Å². The lowest BCUT2D eigenvalue weighted by atomic mass is 9.97. The lowest BCUT2D eigenvalue weighted by molar-refractivity contribution is -0.167. The van der Waals surface area contributed by atoms with Gasteiger partial charge < -0.3 is 9.84 Å². The van der Waals surface area contributed by atoms with Crippen LogP contribution in [0, 0.1) is 0 Å². The van der Waals surface area contributed by atoms with Gasteiger partial charge in [0, 0.05) is 6.61 Å². The van der Waals surface area contributed by atoms with E-state index in [0.717, 1.165) is 12.8 Å². The average molecular weight is 300 g/mol. The van der Waals surface area contributed by atoms with Crippen LogP contribution in [0.1, 0.15) is 97.8 Å². The molecule has 3 nitrogen and oxygen atoms in total. The number of hydrogen-bond donors (Lipinski definition) is 1. The molecule has 0 aromatic carbocycles. The summed E-state index contributed by atoms with van der Waals surface area (Å²) in [6, 6.07) is 0. The molecule has 3 heteroatoms. The van der Waals surface area contributed by atoms with Crippen molar-refractivity contribution in [2.24, 2.45) is 0 Å². The summed E-state index contributed by atoms with van der Waals surface area (Å²) in [5, 5.41) is 9.26. The third kappa shape index (κ3) is 9.13. The fourth-order valence-corrected chi connectivity index (χ4v) is 2.68. The summed E-state index contributed by atoms with van der Waals surface area (Å²) in [4.78, 5) is 11.3. The van der Waals surface area contributed by atoms with Crippen molar-refractivity contribution < 1.29 is 14.6 Å². The van der Waals surface area contributed by atoms with E-state index in [1.807, 2.05) is 13.8 Å². The maximum absolute atomic E-state index is 11.3. The Morgan fingerprint density at radius 3 is 1.62 bits per heavy atom. The second-order valence-electron chi connectivity index (χ2n) is 6.04. The van der Waals surface area contributed by atoms with Gasteiger partial charge in [-0.2, -0.15) is 0 Å². The molecule has 0 rings (SSSR count). The zero-order valence-corrected chi connectivity index (χ0v) is 14.5. The zero-order valence-electron chi connectivity index (χ0n) is 14.5. The van der Waals surface area contributed by atoms with E-state index in [1.54, 1.807) is 0 Å². The summed E-state index contributed by atoms with van der Waals surface area (Å²) >= 11 is 0. The normalized spacial score (nSPS) is 11.8. The number of rotatable bonds is 15. The molecule has 1 N–H and O–H groups in total. The monoisotopic (exact) mass is 300 g/mol. The molecule has 21 heavy (non-hydrogen) atoms. The quantitative estimate of drug-likeness (QED) is 0.402. The van der Waals surface area contributed by atoms with Crippen LogP contribution in [-0.2, 0) is 9.53 Å². The largest absolute Gasteiger partial charge is 0.479 e. The molecule has 0 spiro atoms. The van der Waals surface area contributed by atoms with Gasteiger partial charge in [-0.25, -0.2) is 4.79 Å². The van der Waals surface area contributed by atoms with E-state index in [9.17, 15) is 9.90 Å². The predicted molar refractivity (Wildman–Crippen MR) is 88.7 cm³/mol. The minimum Gasteiger partial charge on any atom is -0.479 e. The van der Waals surface area contributed by atoms with E-state index in [2.05, 4.69) is 6.92 Å². The van der Waals surface area contributed by atoms with Crippen LogP contribution in [0.25, 0.3) is 0 Å². The van der Waals surface area contributed by atoms with Crippen molar-refractivity contribution in [3.05, 3.63) is 0 Å². The van der Waals surface area contributed by atoms with Gasteiger partial charge in [-0.05, 0) is 19.3 Å². The van der Waals surface area contributed by atoms with Crippen LogP contribution in [0.15, 0.2) is 0 Å². The second-order valence-corrected chi connectivity index (χ2v) is 6.04. The van der Waals surface area contributed by atoms with Crippen molar-refractivity contribution in [1.82, 2.24) is 0 Å². The molecule has 0 heterocycles. The first kappa shape index (κ1) is 20.4. The number of carboxylic acids is 1. The topological polar surface area (TPSA) is 46.5 Å². The lowest BCUT2D eigenvalue weighted by Crippen LogP contribution is -2.40. The number of unbranched alkanes of at least 4 members (excludes halogenated alkanes) is 9. The highest BCUT2D eigenvalue weighted by molar-refractivity contribution is 5.77. The molecule has 0 aromatic heterocycles. The van der Waals surface area contributed by atoms with E-state index >= 15 is 0 Å². The van der Waals surface area contributed by atoms with E-state index in [4.69, 9.17) is 4.74 Å². The Kier molecular flexibility index (Phi) is 12.8. The summed E-state index contributed by atoms with van der Waals surface area (Å²) in [6.07, 6.45) is 13.9. The lowest BCUT2D eigenvalue weighted by Gasteiger charge is -2.27. The fraction of sp³-hybridized carbons (Fsp3) is 0.944. The van der Waals surface area contributed by atoms with Gasteiger partial charge in [0.05, 0.1) is 0 Å². The van der Waals surface area contributed by atoms with Crippen molar-refractivity contribution in [3.8, 4) is 0 Å². The molecule has 0 aliphatic rings. The summed E-state index contributed by atoms with van der Waals surface area (Å²) in [5.74, 6) is -0.820. The minimum atomic E-state index is -0.959. The van der Waals surface area contributed by atoms with Gasteiger partial charge in [0.15, 0.2) is 5.60 Å². The number of ether oxygens (including phenoxy) is 1. The third-order valence-corrected chi connectivity index (χ3v) is 4.41. The Bertz CT molecular complexity index is 247. The van der Waals surface area contributed by atoms with Gasteiger partial charge in [0.1, 0.15) is 0 Å². The first-order valence-corrected chi connectivity index (χ1v) is 9.00. The molecule has 0 aliphatic carbocycles. The van der Waals surface area contributed by atoms with E-state index < -0.39 is 11.6 Å². The Balaban J connectivity index is 3.49. The highest BCUT2D eigenvalue weighted by Gasteiger charge is 2.35. The molecule has 0 saturated carbocycles. The SMILES string of the molecule is CCCCCCCCCCCCOC(CC)(CC)C(=O)O. The number of carbonyl (C=O) groups is 1. The summed E-state index contributed by atoms with van der Waals surface area (Å²) in [6.45, 7) is 6.59. The highest BCUT2D eigenvalue weighted by Crippen LogP contribution is 2.21. The van der Waals surface area contributed by atoms with Crippen LogP contribution in [0.3, 0.4) is 0 Å². The van der Waals surface area contributed by atoms with E-state index in [-0.39, 0.29) is 0 Å². The molecule has 0 saturated heterocycles. The Morgan fingerprint density at radius 1 is 0.810 bits per heavy atom. The summed E-state index contributed by atoms with van der Waals surface area (Å²) in [5.41, 5.74) is -0.959. The molecule has 0 radical (unpaired) electrons. The molecule has 0 bridgehead atoms. The Morgan fingerprint density at radius 2 is 1.24 bits per heavy atom. The first-order chi connectivity index (χ1) is 10.1. The first-order valence-electron chi connectivity index (χ1n) is 9.00. The van der Waals surface area contributed by atoms with Crippen molar-refractivity contribution in [3.63, 3.8) is 0 Å². The molecule has 0 fully saturated rings. The zero-order chi connectivity index (χ0) is 16.0. The van der Waals surface area contributed by atoms with Crippen LogP contribution in [0.5, 0.6) is 0 Å². The van der Waals surface area contributed by atoms with Gasteiger partial charge in [-0.3, -0.25) is 0 Å². The van der Waals surface area contributed by atoms with E-state index in [1.165, 1.54) is 51.4 Å². The summed E-state index contributed by atoms with van der Waals surface area (Å²) < 4.78 is 5.66. The molecular weight excluding hydrogens is 264 g/mol. The maximum Gasteiger partial charge on any atom is 0.335 e. The van der Waals surface area contributed by atoms with Gasteiger partial charge in [0.2, 0.25) is 0 Å². The molecule has 0 aromatic rings. The second kappa shape index (κ2) is 13.1. The minimum absolute atomic E-state index is 0.538. The highest BCUT2D eigenvalue weighted by atomic mass is 16.5. The maximum atomic E-state index is 11.3. The van der Waals surface area contributed by atoms with Crippen molar-refractivity contribution in [2.75, 3.05) is 6.61 Å². The molecular formula is C18H36O3. The third-order valence-electron chi connectivity index (χ3n) is 4.41. The number of carboxylic acid groups (broad SMARTS) is 1. The Hall–Kier alpha value is -0.570. The van der Waals surface area contributed by atoms with Crippen molar-refractivity contribution in [1.29, 1.82) is 0 Å². The Labute approximate surface area is 131 Å². The van der Waals surface area contributed by atoms with Crippen LogP contribution >= 0.6 is 0 Å². The van der Waals surface area contributed by atoms with Gasteiger partial charge >= 0.3 is 5.97 Å². The molecule has 126 valence electrons. The van der Waals surface area contributed by atoms with Crippen LogP contribution in [0.4, 0.5) is 0 Å². The standard InChI is InChI=1S/C18H36O3/c1-4-7-8-9-10-11-12-13-14-15-16-21-18(5-2,6-3)17(19)20/h4-16H2,1-3H3,(H,19,20). The van der Waals surface area contributed by atoms with Crippen LogP contribution in [0.2, 0.25) is 0 Å². The predicted octanol–water partition coefficient (Wildman–Crippen LogP) is 5.57. The smallest absolute Gasteiger partial charge is 0.335 e. The summed E-state index contributed by atoms with van der Waals surface area (Å²) in [7, 11) is 0. The van der Waals surface area contributed by atoms with Crippen LogP contribution < -0.4 is 0 Å². The van der Waals surface area contributed by atoms with Crippen LogP contribution in [-0.4, -0.2) is 23.3 Å². The molecule has 0 unspecified atom stereocenters. The fourth-order valence-electron chi connectivity index (χ4n) is 2.68. The van der Waals surface area contributed by atoms with Gasteiger partial charge in [0.25, 0.3) is 0 Å².